The highest BCUT2D eigenvalue weighted by Crippen LogP contribution is 2.23. The topological polar surface area (TPSA) is 97.2 Å². The van der Waals surface area contributed by atoms with E-state index in [1.165, 1.54) is 12.1 Å². The molecule has 1 aromatic carbocycles. The molecule has 0 amide bonds. The van der Waals surface area contributed by atoms with Crippen LogP contribution in [0.5, 0.6) is 0 Å². The fraction of sp³-hybridized carbons (Fsp3) is 0.222. The smallest absolute Gasteiger partial charge is 0.282 e. The molecule has 1 heterocycles. The van der Waals surface area contributed by atoms with Crippen LogP contribution in [0.15, 0.2) is 33.6 Å². The van der Waals surface area contributed by atoms with Gasteiger partial charge in [-0.1, -0.05) is 18.2 Å². The monoisotopic (exact) mass is 228 g/mol. The van der Waals surface area contributed by atoms with Crippen LogP contribution < -0.4 is 10.8 Å². The lowest BCUT2D eigenvalue weighted by atomic mass is 10.2. The summed E-state index contributed by atoms with van der Waals surface area (Å²) in [6.45, 7) is 3.01. The second kappa shape index (κ2) is 4.41. The predicted molar refractivity (Wildman–Crippen MR) is 53.6 cm³/mol. The van der Waals surface area contributed by atoms with Gasteiger partial charge in [-0.05, 0) is 13.0 Å². The number of hydrogen-bond acceptors (Lipinski definition) is 3. The predicted octanol–water partition coefficient (Wildman–Crippen LogP) is -1.26. The molecule has 0 aromatic heterocycles. The van der Waals surface area contributed by atoms with Crippen LogP contribution in [-0.2, 0) is 10.0 Å². The van der Waals surface area contributed by atoms with Gasteiger partial charge in [0.25, 0.3) is 10.0 Å². The lowest BCUT2D eigenvalue weighted by Crippen LogP contribution is -2.48. The minimum absolute atomic E-state index is 0.00926. The minimum Gasteiger partial charge on any atom is -0.858 e. The summed E-state index contributed by atoms with van der Waals surface area (Å²) in [5, 5.41) is 10.9. The largest absolute Gasteiger partial charge is 0.858 e. The molecule has 5 nitrogen and oxygen atoms in total. The van der Waals surface area contributed by atoms with Gasteiger partial charge < -0.3 is 10.8 Å². The van der Waals surface area contributed by atoms with E-state index in [0.29, 0.717) is 0 Å². The summed E-state index contributed by atoms with van der Waals surface area (Å²) in [7, 11) is -3.68. The Morgan fingerprint density at radius 3 is 2.47 bits per heavy atom. The average molecular weight is 228 g/mol. The molecular weight excluding hydrogens is 216 g/mol. The van der Waals surface area contributed by atoms with E-state index in [0.717, 1.165) is 6.54 Å². The first kappa shape index (κ1) is 11.7. The molecule has 0 spiro atoms. The lowest BCUT2D eigenvalue weighted by Gasteiger charge is -2.01. The van der Waals surface area contributed by atoms with Crippen molar-refractivity contribution in [2.45, 2.75) is 11.8 Å². The van der Waals surface area contributed by atoms with Gasteiger partial charge in [-0.3, -0.25) is 0 Å². The summed E-state index contributed by atoms with van der Waals surface area (Å²) in [6.07, 6.45) is 0. The number of hydrogen-bond donors (Lipinski definition) is 1. The summed E-state index contributed by atoms with van der Waals surface area (Å²) >= 11 is 0. The maximum Gasteiger partial charge on any atom is 0.282 e. The highest BCUT2D eigenvalue weighted by Gasteiger charge is 2.22. The SMILES string of the molecule is CC[NH3+].O=S1(=O)N=C([O-])c2ccccc21. The van der Waals surface area contributed by atoms with Crippen LogP contribution in [0.3, 0.4) is 0 Å². The van der Waals surface area contributed by atoms with Crippen LogP contribution in [-0.4, -0.2) is 20.9 Å². The summed E-state index contributed by atoms with van der Waals surface area (Å²) in [5.74, 6) is -0.675. The molecular formula is C9H12N2O3S. The Labute approximate surface area is 88.3 Å². The molecule has 0 aliphatic carbocycles. The van der Waals surface area contributed by atoms with Crippen molar-refractivity contribution in [3.8, 4) is 0 Å². The Bertz CT molecular complexity index is 480. The van der Waals surface area contributed by atoms with Crippen molar-refractivity contribution in [1.82, 2.24) is 0 Å². The van der Waals surface area contributed by atoms with E-state index in [2.05, 4.69) is 10.1 Å². The van der Waals surface area contributed by atoms with Crippen molar-refractivity contribution in [3.63, 3.8) is 0 Å². The Morgan fingerprint density at radius 2 is 1.93 bits per heavy atom. The van der Waals surface area contributed by atoms with E-state index in [9.17, 15) is 13.5 Å². The van der Waals surface area contributed by atoms with Crippen LogP contribution in [0.4, 0.5) is 0 Å². The third-order valence-electron chi connectivity index (χ3n) is 1.60. The van der Waals surface area contributed by atoms with E-state index >= 15 is 0 Å². The highest BCUT2D eigenvalue weighted by atomic mass is 32.2. The normalized spacial score (nSPS) is 16.0. The van der Waals surface area contributed by atoms with Crippen molar-refractivity contribution in [3.05, 3.63) is 29.8 Å². The van der Waals surface area contributed by atoms with E-state index < -0.39 is 15.9 Å². The molecule has 0 bridgehead atoms. The van der Waals surface area contributed by atoms with Gasteiger partial charge in [0.05, 0.1) is 11.4 Å². The Morgan fingerprint density at radius 1 is 1.40 bits per heavy atom. The first-order chi connectivity index (χ1) is 7.03. The number of sulfonamides is 1. The van der Waals surface area contributed by atoms with Crippen LogP contribution in [0.2, 0.25) is 0 Å². The number of quaternary nitrogens is 1. The maximum absolute atomic E-state index is 11.1. The summed E-state index contributed by atoms with van der Waals surface area (Å²) < 4.78 is 25.2. The maximum atomic E-state index is 11.1. The van der Waals surface area contributed by atoms with Crippen molar-refractivity contribution in [2.24, 2.45) is 4.40 Å². The van der Waals surface area contributed by atoms with Crippen LogP contribution >= 0.6 is 0 Å². The van der Waals surface area contributed by atoms with Gasteiger partial charge in [-0.15, -0.1) is 0 Å². The van der Waals surface area contributed by atoms with Crippen molar-refractivity contribution >= 4 is 15.9 Å². The standard InChI is InChI=1S/C7H5NO3S.C2H7N/c9-7-5-3-1-2-4-6(5)12(10,11)8-7;1-2-3/h1-4H,(H,8,9);2-3H2,1H3. The molecule has 0 saturated carbocycles. The lowest BCUT2D eigenvalue weighted by molar-refractivity contribution is -0.361. The zero-order valence-electron chi connectivity index (χ0n) is 8.30. The van der Waals surface area contributed by atoms with Crippen LogP contribution in [0.25, 0.3) is 0 Å². The van der Waals surface area contributed by atoms with Gasteiger partial charge >= 0.3 is 0 Å². The molecule has 1 aliphatic rings. The fourth-order valence-corrected chi connectivity index (χ4v) is 2.17. The van der Waals surface area contributed by atoms with Gasteiger partial charge in [-0.2, -0.15) is 12.8 Å². The van der Waals surface area contributed by atoms with E-state index in [4.69, 9.17) is 0 Å². The molecule has 0 fully saturated rings. The molecule has 0 atom stereocenters. The molecule has 1 aromatic rings. The van der Waals surface area contributed by atoms with Gasteiger partial charge in [0.1, 0.15) is 0 Å². The quantitative estimate of drug-likeness (QED) is 0.600. The first-order valence-corrected chi connectivity index (χ1v) is 5.87. The summed E-state index contributed by atoms with van der Waals surface area (Å²) in [6, 6.07) is 5.99. The highest BCUT2D eigenvalue weighted by molar-refractivity contribution is 7.90. The number of benzene rings is 1. The van der Waals surface area contributed by atoms with Crippen molar-refractivity contribution in [2.75, 3.05) is 6.54 Å². The van der Waals surface area contributed by atoms with Gasteiger partial charge in [-0.25, -0.2) is 0 Å². The number of fused-ring (bicyclic) bond motifs is 1. The zero-order valence-corrected chi connectivity index (χ0v) is 9.12. The van der Waals surface area contributed by atoms with E-state index in [1.807, 2.05) is 6.92 Å². The third kappa shape index (κ3) is 2.34. The van der Waals surface area contributed by atoms with Crippen LogP contribution in [0, 0.1) is 0 Å². The van der Waals surface area contributed by atoms with Gasteiger partial charge in [0, 0.05) is 11.5 Å². The molecule has 0 saturated heterocycles. The Kier molecular flexibility index (Phi) is 3.43. The Hall–Kier alpha value is -1.40. The molecule has 82 valence electrons. The first-order valence-electron chi connectivity index (χ1n) is 4.43. The van der Waals surface area contributed by atoms with Crippen LogP contribution in [0.1, 0.15) is 12.5 Å². The average Bonchev–Trinajstić information content (AvgIpc) is 2.40. The third-order valence-corrected chi connectivity index (χ3v) is 2.92. The van der Waals surface area contributed by atoms with Gasteiger partial charge in [0.2, 0.25) is 0 Å². The molecule has 15 heavy (non-hydrogen) atoms. The number of nitrogens with zero attached hydrogens (tertiary/aromatic N) is 1. The second-order valence-electron chi connectivity index (χ2n) is 2.87. The molecule has 0 unspecified atom stereocenters. The van der Waals surface area contributed by atoms with Crippen molar-refractivity contribution < 1.29 is 19.3 Å². The minimum atomic E-state index is -3.68. The fourth-order valence-electron chi connectivity index (χ4n) is 1.08. The molecule has 3 N–H and O–H groups in total. The van der Waals surface area contributed by atoms with Crippen molar-refractivity contribution in [1.29, 1.82) is 0 Å². The van der Waals surface area contributed by atoms with Gasteiger partial charge in [0.15, 0.2) is 0 Å². The molecule has 2 rings (SSSR count). The Balaban J connectivity index is 0.000000337. The number of rotatable bonds is 0. The zero-order chi connectivity index (χ0) is 11.5. The molecule has 1 aliphatic heterocycles. The molecule has 6 heteroatoms. The summed E-state index contributed by atoms with van der Waals surface area (Å²) in [4.78, 5) is 0.00926. The summed E-state index contributed by atoms with van der Waals surface area (Å²) in [5.41, 5.74) is 3.65. The van der Waals surface area contributed by atoms with E-state index in [-0.39, 0.29) is 10.5 Å². The molecule has 0 radical (unpaired) electrons. The second-order valence-corrected chi connectivity index (χ2v) is 4.44. The van der Waals surface area contributed by atoms with E-state index in [1.54, 1.807) is 12.1 Å².